The zero-order valence-electron chi connectivity index (χ0n) is 12.9. The van der Waals surface area contributed by atoms with Crippen LogP contribution in [0.2, 0.25) is 0 Å². The number of imidazole rings is 1. The van der Waals surface area contributed by atoms with E-state index in [0.717, 1.165) is 12.2 Å². The number of aromatic amines is 1. The van der Waals surface area contributed by atoms with Crippen molar-refractivity contribution in [3.8, 4) is 0 Å². The number of aliphatic carboxylic acids is 1. The van der Waals surface area contributed by atoms with Gasteiger partial charge in [-0.3, -0.25) is 4.72 Å². The Morgan fingerprint density at radius 1 is 1.48 bits per heavy atom. The SMILES string of the molecule is Cn1cnc2c(F)c(C=CC(=O)O)c(NS(=O)(=O)c3ccc[nH]3)cc21. The van der Waals surface area contributed by atoms with Gasteiger partial charge < -0.3 is 14.7 Å². The molecule has 2 aromatic heterocycles. The highest BCUT2D eigenvalue weighted by molar-refractivity contribution is 7.92. The van der Waals surface area contributed by atoms with Gasteiger partial charge in [0.15, 0.2) is 10.8 Å². The summed E-state index contributed by atoms with van der Waals surface area (Å²) in [5.41, 5.74) is 0.0500. The third-order valence-electron chi connectivity index (χ3n) is 3.49. The fourth-order valence-corrected chi connectivity index (χ4v) is 3.37. The fraction of sp³-hybridized carbons (Fsp3) is 0.0667. The summed E-state index contributed by atoms with van der Waals surface area (Å²) in [6.07, 6.45) is 4.52. The average Bonchev–Trinajstić information content (AvgIpc) is 3.17. The number of fused-ring (bicyclic) bond motifs is 1. The molecule has 3 N–H and O–H groups in total. The van der Waals surface area contributed by atoms with E-state index < -0.39 is 21.8 Å². The second kappa shape index (κ2) is 6.06. The first-order chi connectivity index (χ1) is 11.8. The quantitative estimate of drug-likeness (QED) is 0.598. The third kappa shape index (κ3) is 3.11. The maximum Gasteiger partial charge on any atom is 0.328 e. The van der Waals surface area contributed by atoms with Gasteiger partial charge in [0.25, 0.3) is 10.0 Å². The first-order valence-corrected chi connectivity index (χ1v) is 8.48. The minimum atomic E-state index is -4.00. The number of anilines is 1. The molecule has 0 aliphatic carbocycles. The number of sulfonamides is 1. The van der Waals surface area contributed by atoms with Gasteiger partial charge in [-0.2, -0.15) is 8.42 Å². The van der Waals surface area contributed by atoms with Crippen LogP contribution in [0, 0.1) is 5.82 Å². The van der Waals surface area contributed by atoms with Crippen molar-refractivity contribution in [1.29, 1.82) is 0 Å². The van der Waals surface area contributed by atoms with Crippen LogP contribution in [-0.2, 0) is 21.9 Å². The van der Waals surface area contributed by atoms with Crippen molar-refractivity contribution < 1.29 is 22.7 Å². The van der Waals surface area contributed by atoms with Crippen LogP contribution in [0.4, 0.5) is 10.1 Å². The summed E-state index contributed by atoms with van der Waals surface area (Å²) in [7, 11) is -2.37. The standard InChI is InChI=1S/C15H13FN4O4S/c1-20-8-18-15-11(20)7-10(9(14(15)16)4-5-13(21)22)19-25(23,24)12-3-2-6-17-12/h2-8,17,19H,1H3,(H,21,22). The van der Waals surface area contributed by atoms with E-state index in [1.54, 1.807) is 7.05 Å². The molecule has 0 radical (unpaired) electrons. The van der Waals surface area contributed by atoms with Crippen LogP contribution in [0.25, 0.3) is 17.1 Å². The molecule has 3 aromatic rings. The summed E-state index contributed by atoms with van der Waals surface area (Å²) >= 11 is 0. The predicted molar refractivity (Wildman–Crippen MR) is 88.9 cm³/mol. The fourth-order valence-electron chi connectivity index (χ4n) is 2.32. The summed E-state index contributed by atoms with van der Waals surface area (Å²) in [5, 5.41) is 8.68. The summed E-state index contributed by atoms with van der Waals surface area (Å²) in [6, 6.07) is 4.24. The molecular weight excluding hydrogens is 351 g/mol. The highest BCUT2D eigenvalue weighted by Gasteiger charge is 2.21. The van der Waals surface area contributed by atoms with Gasteiger partial charge in [0.1, 0.15) is 5.52 Å². The Hall–Kier alpha value is -3.14. The molecule has 0 saturated carbocycles. The van der Waals surface area contributed by atoms with Crippen molar-refractivity contribution in [3.05, 3.63) is 48.2 Å². The first-order valence-electron chi connectivity index (χ1n) is 7.00. The first kappa shape index (κ1) is 16.7. The van der Waals surface area contributed by atoms with Gasteiger partial charge >= 0.3 is 5.97 Å². The molecule has 0 atom stereocenters. The zero-order chi connectivity index (χ0) is 18.2. The largest absolute Gasteiger partial charge is 0.478 e. The zero-order valence-corrected chi connectivity index (χ0v) is 13.7. The normalized spacial score (nSPS) is 12.1. The second-order valence-electron chi connectivity index (χ2n) is 5.19. The number of halogens is 1. The molecule has 0 saturated heterocycles. The maximum absolute atomic E-state index is 14.7. The van der Waals surface area contributed by atoms with Crippen molar-refractivity contribution in [3.63, 3.8) is 0 Å². The Morgan fingerprint density at radius 2 is 2.24 bits per heavy atom. The number of hydrogen-bond donors (Lipinski definition) is 3. The van der Waals surface area contributed by atoms with E-state index in [1.807, 2.05) is 0 Å². The smallest absolute Gasteiger partial charge is 0.328 e. The monoisotopic (exact) mass is 364 g/mol. The van der Waals surface area contributed by atoms with Crippen LogP contribution in [0.15, 0.2) is 41.8 Å². The van der Waals surface area contributed by atoms with Gasteiger partial charge in [-0.25, -0.2) is 14.2 Å². The Morgan fingerprint density at radius 3 is 2.88 bits per heavy atom. The maximum atomic E-state index is 14.7. The number of carboxylic acid groups (broad SMARTS) is 1. The molecule has 0 aliphatic heterocycles. The molecule has 0 fully saturated rings. The molecule has 1 aromatic carbocycles. The van der Waals surface area contributed by atoms with Gasteiger partial charge in [0, 0.05) is 24.9 Å². The lowest BCUT2D eigenvalue weighted by Gasteiger charge is -2.11. The van der Waals surface area contributed by atoms with Crippen molar-refractivity contribution in [2.75, 3.05) is 4.72 Å². The molecule has 8 nitrogen and oxygen atoms in total. The number of aromatic nitrogens is 3. The number of carboxylic acids is 1. The van der Waals surface area contributed by atoms with E-state index in [1.165, 1.54) is 35.3 Å². The number of aryl methyl sites for hydroxylation is 1. The van der Waals surface area contributed by atoms with E-state index in [9.17, 15) is 17.6 Å². The van der Waals surface area contributed by atoms with Crippen molar-refractivity contribution in [2.45, 2.75) is 5.03 Å². The molecule has 0 bridgehead atoms. The molecule has 3 rings (SSSR count). The third-order valence-corrected chi connectivity index (χ3v) is 4.82. The molecule has 0 unspecified atom stereocenters. The predicted octanol–water partition coefficient (Wildman–Crippen LogP) is 1.94. The van der Waals surface area contributed by atoms with Crippen molar-refractivity contribution in [1.82, 2.24) is 14.5 Å². The number of nitrogens with zero attached hydrogens (tertiary/aromatic N) is 2. The lowest BCUT2D eigenvalue weighted by Crippen LogP contribution is -2.14. The van der Waals surface area contributed by atoms with Gasteiger partial charge in [0.05, 0.1) is 17.5 Å². The Labute approximate surface area is 141 Å². The molecular formula is C15H13FN4O4S. The van der Waals surface area contributed by atoms with Gasteiger partial charge in [0.2, 0.25) is 0 Å². The summed E-state index contributed by atoms with van der Waals surface area (Å²) in [6.45, 7) is 0. The molecule has 0 aliphatic rings. The van der Waals surface area contributed by atoms with Gasteiger partial charge in [-0.15, -0.1) is 0 Å². The number of carbonyl (C=O) groups is 1. The van der Waals surface area contributed by atoms with Crippen molar-refractivity contribution >= 4 is 38.8 Å². The topological polar surface area (TPSA) is 117 Å². The molecule has 25 heavy (non-hydrogen) atoms. The van der Waals surface area contributed by atoms with Crippen LogP contribution in [0.5, 0.6) is 0 Å². The molecule has 2 heterocycles. The van der Waals surface area contributed by atoms with E-state index in [0.29, 0.717) is 5.52 Å². The number of rotatable bonds is 5. The van der Waals surface area contributed by atoms with Crippen LogP contribution >= 0.6 is 0 Å². The lowest BCUT2D eigenvalue weighted by molar-refractivity contribution is -0.131. The van der Waals surface area contributed by atoms with Crippen molar-refractivity contribution in [2.24, 2.45) is 7.05 Å². The summed E-state index contributed by atoms with van der Waals surface area (Å²) in [5.74, 6) is -2.11. The molecule has 10 heteroatoms. The van der Waals surface area contributed by atoms with E-state index >= 15 is 0 Å². The molecule has 0 amide bonds. The van der Waals surface area contributed by atoms with E-state index in [2.05, 4.69) is 14.7 Å². The second-order valence-corrected chi connectivity index (χ2v) is 6.84. The minimum absolute atomic E-state index is 0.00959. The van der Waals surface area contributed by atoms with Gasteiger partial charge in [-0.1, -0.05) is 0 Å². The Balaban J connectivity index is 2.19. The van der Waals surface area contributed by atoms with Crippen LogP contribution < -0.4 is 4.72 Å². The van der Waals surface area contributed by atoms with Crippen LogP contribution in [-0.4, -0.2) is 34.0 Å². The lowest BCUT2D eigenvalue weighted by atomic mass is 10.1. The number of benzene rings is 1. The van der Waals surface area contributed by atoms with Gasteiger partial charge in [-0.05, 0) is 24.3 Å². The van der Waals surface area contributed by atoms with E-state index in [-0.39, 0.29) is 21.8 Å². The molecule has 130 valence electrons. The summed E-state index contributed by atoms with van der Waals surface area (Å²) < 4.78 is 43.3. The summed E-state index contributed by atoms with van der Waals surface area (Å²) in [4.78, 5) is 17.2. The van der Waals surface area contributed by atoms with E-state index in [4.69, 9.17) is 5.11 Å². The number of H-pyrrole nitrogens is 1. The average molecular weight is 364 g/mol. The number of nitrogens with one attached hydrogen (secondary N) is 2. The Kier molecular flexibility index (Phi) is 4.05. The number of hydrogen-bond acceptors (Lipinski definition) is 4. The minimum Gasteiger partial charge on any atom is -0.478 e. The Bertz CT molecular complexity index is 1080. The van der Waals surface area contributed by atoms with Crippen LogP contribution in [0.3, 0.4) is 0 Å². The highest BCUT2D eigenvalue weighted by atomic mass is 32.2. The van der Waals surface area contributed by atoms with Crippen LogP contribution in [0.1, 0.15) is 5.56 Å². The highest BCUT2D eigenvalue weighted by Crippen LogP contribution is 2.30. The molecule has 0 spiro atoms.